The van der Waals surface area contributed by atoms with Crippen LogP contribution >= 0.6 is 11.6 Å². The lowest BCUT2D eigenvalue weighted by Crippen LogP contribution is -2.37. The number of aromatic nitrogens is 5. The maximum atomic E-state index is 6.02. The van der Waals surface area contributed by atoms with Crippen LogP contribution in [0.4, 0.5) is 0 Å². The standard InChI is InChI=1S/C22H25ClN6O/c1-15-16(2)28(9-3-8-27-10-12-30-13-11-27)21-19(15)22-25-20(26-29(22)14-24-21)17-4-6-18(23)7-5-17/h4-7,14H,3,8-13H2,1-2H3. The third-order valence-electron chi connectivity index (χ3n) is 6.01. The van der Waals surface area contributed by atoms with E-state index in [2.05, 4.69) is 28.4 Å². The number of hydrogen-bond donors (Lipinski definition) is 0. The largest absolute Gasteiger partial charge is 0.379 e. The van der Waals surface area contributed by atoms with Gasteiger partial charge in [0.15, 0.2) is 11.5 Å². The fourth-order valence-corrected chi connectivity index (χ4v) is 4.33. The molecular formula is C22H25ClN6O. The Morgan fingerprint density at radius 1 is 1.03 bits per heavy atom. The number of ether oxygens (including phenoxy) is 1. The number of benzene rings is 1. The Balaban J connectivity index is 1.48. The normalized spacial score (nSPS) is 15.4. The highest BCUT2D eigenvalue weighted by Crippen LogP contribution is 2.28. The summed E-state index contributed by atoms with van der Waals surface area (Å²) in [6.45, 7) is 10.1. The first-order valence-electron chi connectivity index (χ1n) is 10.4. The van der Waals surface area contributed by atoms with Crippen LogP contribution in [0, 0.1) is 13.8 Å². The first-order valence-corrected chi connectivity index (χ1v) is 10.8. The fraction of sp³-hybridized carbons (Fsp3) is 0.409. The smallest absolute Gasteiger partial charge is 0.182 e. The van der Waals surface area contributed by atoms with Crippen molar-refractivity contribution in [2.24, 2.45) is 0 Å². The fourth-order valence-electron chi connectivity index (χ4n) is 4.20. The van der Waals surface area contributed by atoms with Crippen LogP contribution in [-0.4, -0.2) is 61.9 Å². The van der Waals surface area contributed by atoms with Gasteiger partial charge in [0.1, 0.15) is 12.0 Å². The summed E-state index contributed by atoms with van der Waals surface area (Å²) in [5, 5.41) is 6.42. The summed E-state index contributed by atoms with van der Waals surface area (Å²) in [5.74, 6) is 0.679. The molecule has 8 heteroatoms. The van der Waals surface area contributed by atoms with Gasteiger partial charge in [0.05, 0.1) is 18.6 Å². The van der Waals surface area contributed by atoms with Gasteiger partial charge in [-0.3, -0.25) is 4.90 Å². The summed E-state index contributed by atoms with van der Waals surface area (Å²) < 4.78 is 9.54. The monoisotopic (exact) mass is 424 g/mol. The molecule has 0 saturated carbocycles. The van der Waals surface area contributed by atoms with E-state index in [1.165, 1.54) is 11.3 Å². The molecule has 1 fully saturated rings. The number of rotatable bonds is 5. The van der Waals surface area contributed by atoms with E-state index in [0.717, 1.165) is 68.1 Å². The maximum absolute atomic E-state index is 6.02. The maximum Gasteiger partial charge on any atom is 0.182 e. The van der Waals surface area contributed by atoms with E-state index in [0.29, 0.717) is 10.8 Å². The number of halogens is 1. The molecule has 156 valence electrons. The van der Waals surface area contributed by atoms with Gasteiger partial charge < -0.3 is 9.30 Å². The molecule has 30 heavy (non-hydrogen) atoms. The van der Waals surface area contributed by atoms with Gasteiger partial charge in [0, 0.05) is 42.5 Å². The third kappa shape index (κ3) is 3.47. The first-order chi connectivity index (χ1) is 14.6. The Hall–Kier alpha value is -2.48. The number of hydrogen-bond acceptors (Lipinski definition) is 5. The SMILES string of the molecule is Cc1c(C)n(CCCN2CCOCC2)c2ncn3nc(-c4ccc(Cl)cc4)nc3c12. The van der Waals surface area contributed by atoms with Crippen LogP contribution in [0.25, 0.3) is 28.1 Å². The minimum atomic E-state index is 0.679. The second-order valence-electron chi connectivity index (χ2n) is 7.82. The number of morpholine rings is 1. The van der Waals surface area contributed by atoms with Gasteiger partial charge in [-0.25, -0.2) is 14.5 Å². The minimum absolute atomic E-state index is 0.679. The molecule has 0 unspecified atom stereocenters. The van der Waals surface area contributed by atoms with Crippen molar-refractivity contribution < 1.29 is 4.74 Å². The van der Waals surface area contributed by atoms with E-state index in [4.69, 9.17) is 26.3 Å². The zero-order valence-electron chi connectivity index (χ0n) is 17.3. The van der Waals surface area contributed by atoms with Gasteiger partial charge in [-0.05, 0) is 50.1 Å². The molecule has 4 aromatic rings. The number of fused-ring (bicyclic) bond motifs is 3. The predicted octanol–water partition coefficient (Wildman–Crippen LogP) is 3.74. The van der Waals surface area contributed by atoms with Crippen LogP contribution in [-0.2, 0) is 11.3 Å². The molecular weight excluding hydrogens is 400 g/mol. The molecule has 0 bridgehead atoms. The quantitative estimate of drug-likeness (QED) is 0.488. The summed E-state index contributed by atoms with van der Waals surface area (Å²) >= 11 is 6.02. The Kier molecular flexibility index (Phi) is 5.18. The second kappa shape index (κ2) is 7.98. The molecule has 0 aliphatic carbocycles. The van der Waals surface area contributed by atoms with Gasteiger partial charge in [0.25, 0.3) is 0 Å². The highest BCUT2D eigenvalue weighted by molar-refractivity contribution is 6.30. The Morgan fingerprint density at radius 2 is 1.80 bits per heavy atom. The van der Waals surface area contributed by atoms with E-state index < -0.39 is 0 Å². The Morgan fingerprint density at radius 3 is 2.57 bits per heavy atom. The van der Waals surface area contributed by atoms with Crippen LogP contribution in [0.1, 0.15) is 17.7 Å². The van der Waals surface area contributed by atoms with Crippen LogP contribution < -0.4 is 0 Å². The summed E-state index contributed by atoms with van der Waals surface area (Å²) in [6, 6.07) is 7.60. The molecule has 4 heterocycles. The van der Waals surface area contributed by atoms with Gasteiger partial charge in [-0.2, -0.15) is 0 Å². The number of aryl methyl sites for hydroxylation is 2. The zero-order chi connectivity index (χ0) is 20.7. The lowest BCUT2D eigenvalue weighted by atomic mass is 10.2. The molecule has 1 saturated heterocycles. The average molecular weight is 425 g/mol. The predicted molar refractivity (Wildman–Crippen MR) is 118 cm³/mol. The molecule has 0 atom stereocenters. The van der Waals surface area contributed by atoms with Crippen molar-refractivity contribution in [3.63, 3.8) is 0 Å². The van der Waals surface area contributed by atoms with Crippen molar-refractivity contribution in [1.29, 1.82) is 0 Å². The molecule has 1 aromatic carbocycles. The van der Waals surface area contributed by atoms with E-state index in [-0.39, 0.29) is 0 Å². The van der Waals surface area contributed by atoms with Crippen molar-refractivity contribution in [1.82, 2.24) is 29.0 Å². The Labute approximate surface area is 180 Å². The summed E-state index contributed by atoms with van der Waals surface area (Å²) in [6.07, 6.45) is 2.85. The summed E-state index contributed by atoms with van der Waals surface area (Å²) in [7, 11) is 0. The summed E-state index contributed by atoms with van der Waals surface area (Å²) in [5.41, 5.74) is 5.22. The van der Waals surface area contributed by atoms with E-state index in [1.54, 1.807) is 10.8 Å². The number of nitrogens with zero attached hydrogens (tertiary/aromatic N) is 6. The van der Waals surface area contributed by atoms with Crippen LogP contribution in [0.3, 0.4) is 0 Å². The molecule has 0 amide bonds. The molecule has 5 rings (SSSR count). The summed E-state index contributed by atoms with van der Waals surface area (Å²) in [4.78, 5) is 12.1. The Bertz CT molecular complexity index is 1190. The van der Waals surface area contributed by atoms with Crippen molar-refractivity contribution >= 4 is 28.3 Å². The molecule has 0 radical (unpaired) electrons. The third-order valence-corrected chi connectivity index (χ3v) is 6.26. The zero-order valence-corrected chi connectivity index (χ0v) is 18.1. The van der Waals surface area contributed by atoms with Crippen LogP contribution in [0.2, 0.25) is 5.02 Å². The van der Waals surface area contributed by atoms with E-state index >= 15 is 0 Å². The highest BCUT2D eigenvalue weighted by Gasteiger charge is 2.19. The van der Waals surface area contributed by atoms with Crippen LogP contribution in [0.15, 0.2) is 30.6 Å². The van der Waals surface area contributed by atoms with Gasteiger partial charge >= 0.3 is 0 Å². The minimum Gasteiger partial charge on any atom is -0.379 e. The van der Waals surface area contributed by atoms with E-state index in [9.17, 15) is 0 Å². The van der Waals surface area contributed by atoms with Crippen molar-refractivity contribution in [3.05, 3.63) is 46.9 Å². The second-order valence-corrected chi connectivity index (χ2v) is 8.26. The van der Waals surface area contributed by atoms with Gasteiger partial charge in [-0.15, -0.1) is 5.10 Å². The van der Waals surface area contributed by atoms with Crippen molar-refractivity contribution in [2.45, 2.75) is 26.8 Å². The first kappa shape index (κ1) is 19.5. The van der Waals surface area contributed by atoms with E-state index in [1.807, 2.05) is 24.3 Å². The van der Waals surface area contributed by atoms with Gasteiger partial charge in [-0.1, -0.05) is 11.6 Å². The lowest BCUT2D eigenvalue weighted by Gasteiger charge is -2.26. The topological polar surface area (TPSA) is 60.5 Å². The molecule has 3 aromatic heterocycles. The lowest BCUT2D eigenvalue weighted by molar-refractivity contribution is 0.0369. The van der Waals surface area contributed by atoms with Gasteiger partial charge in [0.2, 0.25) is 0 Å². The molecule has 7 nitrogen and oxygen atoms in total. The highest BCUT2D eigenvalue weighted by atomic mass is 35.5. The molecule has 1 aliphatic heterocycles. The molecule has 1 aliphatic rings. The van der Waals surface area contributed by atoms with Crippen molar-refractivity contribution in [3.8, 4) is 11.4 Å². The molecule has 0 N–H and O–H groups in total. The van der Waals surface area contributed by atoms with Crippen LogP contribution in [0.5, 0.6) is 0 Å². The van der Waals surface area contributed by atoms with Crippen molar-refractivity contribution in [2.75, 3.05) is 32.8 Å². The molecule has 0 spiro atoms. The average Bonchev–Trinajstić information content (AvgIpc) is 3.30.